The monoisotopic (exact) mass is 769 g/mol. The molecule has 0 unspecified atom stereocenters. The van der Waals surface area contributed by atoms with Gasteiger partial charge in [0.1, 0.15) is 43.2 Å². The molecule has 0 radical (unpaired) electrons. The van der Waals surface area contributed by atoms with Gasteiger partial charge in [0.15, 0.2) is 32.8 Å². The van der Waals surface area contributed by atoms with Crippen LogP contribution in [0, 0.1) is 0 Å². The third kappa shape index (κ3) is 9.16. The van der Waals surface area contributed by atoms with Crippen LogP contribution in [0.2, 0.25) is 18.1 Å². The van der Waals surface area contributed by atoms with Gasteiger partial charge >= 0.3 is 11.9 Å². The predicted octanol–water partition coefficient (Wildman–Crippen LogP) is 5.70. The van der Waals surface area contributed by atoms with Crippen LogP contribution < -0.4 is 0 Å². The number of rotatable bonds is 14. The number of hydrogen-bond donors (Lipinski definition) is 0. The van der Waals surface area contributed by atoms with Gasteiger partial charge in [0.05, 0.1) is 26.4 Å². The van der Waals surface area contributed by atoms with Crippen LogP contribution in [0.3, 0.4) is 0 Å². The number of esters is 2. The molecule has 0 amide bonds. The zero-order valence-corrected chi connectivity index (χ0v) is 32.8. The number of carbonyl (C=O) groups excluding carboxylic acids is 2. The number of ether oxygens (including phenoxy) is 9. The molecule has 2 aromatic rings. The smallest absolute Gasteiger partial charge is 0.337 e. The number of nitrogens with zero attached hydrogens (tertiary/aromatic N) is 3. The van der Waals surface area contributed by atoms with E-state index in [1.54, 1.807) is 0 Å². The van der Waals surface area contributed by atoms with E-state index in [9.17, 15) is 15.1 Å². The van der Waals surface area contributed by atoms with Gasteiger partial charge in [0, 0.05) is 24.7 Å². The summed E-state index contributed by atoms with van der Waals surface area (Å²) in [6, 6.07) is 17.9. The van der Waals surface area contributed by atoms with Gasteiger partial charge in [-0.3, -0.25) is 4.79 Å². The third-order valence-corrected chi connectivity index (χ3v) is 15.1. The second-order valence-corrected chi connectivity index (χ2v) is 20.3. The molecule has 3 aliphatic heterocycles. The molecule has 2 aromatic carbocycles. The average Bonchev–Trinajstić information content (AvgIpc) is 3.79. The fourth-order valence-electron chi connectivity index (χ4n) is 6.56. The van der Waals surface area contributed by atoms with Crippen LogP contribution in [0.1, 0.15) is 51.7 Å². The van der Waals surface area contributed by atoms with E-state index in [1.165, 1.54) is 14.0 Å². The lowest BCUT2D eigenvalue weighted by Crippen LogP contribution is -2.66. The Morgan fingerprint density at radius 1 is 0.907 bits per heavy atom. The molecule has 294 valence electrons. The van der Waals surface area contributed by atoms with Gasteiger partial charge in [-0.2, -0.15) is 0 Å². The van der Waals surface area contributed by atoms with Crippen LogP contribution in [0.5, 0.6) is 0 Å². The quantitative estimate of drug-likeness (QED) is 0.0755. The minimum Gasteiger partial charge on any atom is -0.467 e. The summed E-state index contributed by atoms with van der Waals surface area (Å²) in [6.07, 6.45) is -8.10. The first kappa shape index (κ1) is 40.3. The van der Waals surface area contributed by atoms with E-state index >= 15 is 0 Å². The van der Waals surface area contributed by atoms with Gasteiger partial charge in [-0.15, -0.1) is 0 Å². The number of methoxy groups -OCH3 is 1. The molecule has 0 N–H and O–H groups in total. The number of hydrogen-bond acceptors (Lipinski definition) is 13. The summed E-state index contributed by atoms with van der Waals surface area (Å²) in [7, 11) is -1.33. The Balaban J connectivity index is 1.39. The van der Waals surface area contributed by atoms with Crippen molar-refractivity contribution in [2.45, 2.75) is 139 Å². The fraction of sp³-hybridized carbons (Fsp3) is 0.632. The van der Waals surface area contributed by atoms with Crippen LogP contribution in [0.25, 0.3) is 10.4 Å². The molecule has 3 heterocycles. The number of benzene rings is 2. The van der Waals surface area contributed by atoms with Crippen LogP contribution in [0.4, 0.5) is 0 Å². The van der Waals surface area contributed by atoms with Crippen LogP contribution in [-0.2, 0) is 69.9 Å². The first-order valence-electron chi connectivity index (χ1n) is 18.3. The molecular weight excluding hydrogens is 719 g/mol. The molecule has 6 rings (SSSR count). The van der Waals surface area contributed by atoms with Crippen molar-refractivity contribution >= 4 is 20.3 Å². The molecule has 1 saturated carbocycles. The molecular formula is C38H51N3O12Si. The van der Waals surface area contributed by atoms with Gasteiger partial charge < -0.3 is 47.1 Å². The molecule has 3 saturated heterocycles. The normalized spacial score (nSPS) is 31.6. The van der Waals surface area contributed by atoms with Crippen molar-refractivity contribution in [3.05, 3.63) is 82.2 Å². The third-order valence-electron chi connectivity index (χ3n) is 10.6. The van der Waals surface area contributed by atoms with Gasteiger partial charge in [0.2, 0.25) is 0 Å². The molecule has 54 heavy (non-hydrogen) atoms. The molecule has 0 aromatic heterocycles. The molecule has 15 nitrogen and oxygen atoms in total. The standard InChI is InChI=1S/C38H51N3O12Si/c1-23(42)45-22-26-28(53-54(6,7)37(2,3)4)29(46-20-24-14-10-8-11-15-24)27(40-41-39)35(48-26)49-31-30(47-21-25-16-12-9-13-17-25)33-36(50-32(31)34(43)44-5)52-38(51-33)18-19-38/h8-17,26-33,35-36H,18-22H2,1-7H3/t26-,27-,28-,29-,30+,31+,32+,33-,35-,36-/m1/s1. The Hall–Kier alpha value is -3.41. The zero-order chi connectivity index (χ0) is 38.7. The van der Waals surface area contributed by atoms with E-state index in [4.69, 9.17) is 47.1 Å². The Labute approximate surface area is 316 Å². The van der Waals surface area contributed by atoms with Crippen molar-refractivity contribution in [2.24, 2.45) is 5.11 Å². The van der Waals surface area contributed by atoms with E-state index in [1.807, 2.05) is 60.7 Å². The summed E-state index contributed by atoms with van der Waals surface area (Å²) in [5.74, 6) is -2.11. The van der Waals surface area contributed by atoms with Crippen LogP contribution >= 0.6 is 0 Å². The summed E-state index contributed by atoms with van der Waals surface area (Å²) in [5, 5.41) is 3.95. The molecule has 0 bridgehead atoms. The molecule has 4 fully saturated rings. The average molecular weight is 770 g/mol. The topological polar surface area (TPSA) is 175 Å². The Kier molecular flexibility index (Phi) is 12.5. The molecule has 16 heteroatoms. The first-order valence-corrected chi connectivity index (χ1v) is 21.2. The van der Waals surface area contributed by atoms with E-state index in [0.29, 0.717) is 12.8 Å². The van der Waals surface area contributed by atoms with Gasteiger partial charge in [-0.05, 0) is 34.8 Å². The zero-order valence-electron chi connectivity index (χ0n) is 31.8. The highest BCUT2D eigenvalue weighted by Crippen LogP contribution is 2.51. The second kappa shape index (κ2) is 16.8. The van der Waals surface area contributed by atoms with Crippen molar-refractivity contribution in [3.8, 4) is 0 Å². The van der Waals surface area contributed by atoms with Gasteiger partial charge in [-0.1, -0.05) is 86.5 Å². The minimum atomic E-state index is -2.57. The molecule has 10 atom stereocenters. The van der Waals surface area contributed by atoms with Crippen LogP contribution in [-0.4, -0.2) is 101 Å². The second-order valence-electron chi connectivity index (χ2n) is 15.6. The summed E-state index contributed by atoms with van der Waals surface area (Å²) in [4.78, 5) is 28.9. The summed E-state index contributed by atoms with van der Waals surface area (Å²) in [5.41, 5.74) is 11.7. The highest BCUT2D eigenvalue weighted by molar-refractivity contribution is 6.74. The van der Waals surface area contributed by atoms with E-state index in [0.717, 1.165) is 11.1 Å². The maximum atomic E-state index is 13.5. The van der Waals surface area contributed by atoms with E-state index in [-0.39, 0.29) is 24.9 Å². The maximum absolute atomic E-state index is 13.5. The number of fused-ring (bicyclic) bond motifs is 1. The highest BCUT2D eigenvalue weighted by Gasteiger charge is 2.65. The lowest BCUT2D eigenvalue weighted by molar-refractivity contribution is -0.328. The fourth-order valence-corrected chi connectivity index (χ4v) is 7.88. The lowest BCUT2D eigenvalue weighted by Gasteiger charge is -2.50. The number of carbonyl (C=O) groups is 2. The van der Waals surface area contributed by atoms with Crippen molar-refractivity contribution in [1.82, 2.24) is 0 Å². The molecule has 4 aliphatic rings. The Morgan fingerprint density at radius 3 is 2.06 bits per heavy atom. The van der Waals surface area contributed by atoms with Crippen LogP contribution in [0.15, 0.2) is 65.8 Å². The highest BCUT2D eigenvalue weighted by atomic mass is 28.4. The summed E-state index contributed by atoms with van der Waals surface area (Å²) < 4.78 is 63.0. The Bertz CT molecular complexity index is 1630. The molecule has 1 spiro atoms. The van der Waals surface area contributed by atoms with Crippen molar-refractivity contribution in [2.75, 3.05) is 13.7 Å². The lowest BCUT2D eigenvalue weighted by atomic mass is 9.95. The summed E-state index contributed by atoms with van der Waals surface area (Å²) in [6.45, 7) is 11.8. The Morgan fingerprint density at radius 2 is 1.52 bits per heavy atom. The summed E-state index contributed by atoms with van der Waals surface area (Å²) >= 11 is 0. The largest absolute Gasteiger partial charge is 0.467 e. The van der Waals surface area contributed by atoms with E-state index in [2.05, 4.69) is 43.9 Å². The maximum Gasteiger partial charge on any atom is 0.337 e. The van der Waals surface area contributed by atoms with Crippen molar-refractivity contribution < 1.29 is 56.6 Å². The molecule has 1 aliphatic carbocycles. The van der Waals surface area contributed by atoms with E-state index < -0.39 is 87.4 Å². The van der Waals surface area contributed by atoms with Gasteiger partial charge in [0.25, 0.3) is 0 Å². The van der Waals surface area contributed by atoms with Crippen molar-refractivity contribution in [1.29, 1.82) is 0 Å². The van der Waals surface area contributed by atoms with Gasteiger partial charge in [-0.25, -0.2) is 4.79 Å². The predicted molar refractivity (Wildman–Crippen MR) is 194 cm³/mol. The minimum absolute atomic E-state index is 0.129. The number of azide groups is 1. The SMILES string of the molecule is COC(=O)[C@H]1O[C@@H]2OC3(CC3)O[C@@H]2[C@@H](OCc2ccccc2)[C@@H]1O[C@H]1O[C@H](COC(C)=O)[C@@H](O[Si](C)(C)C(C)(C)C)[C@H](OCc2ccccc2)[C@H]1N=[N+]=[N-]. The first-order chi connectivity index (χ1) is 25.7. The van der Waals surface area contributed by atoms with Crippen molar-refractivity contribution in [3.63, 3.8) is 0 Å².